The summed E-state index contributed by atoms with van der Waals surface area (Å²) in [7, 11) is 0. The second kappa shape index (κ2) is 4.09. The van der Waals surface area contributed by atoms with Crippen molar-refractivity contribution in [1.29, 1.82) is 5.26 Å². The first kappa shape index (κ1) is 9.66. The Kier molecular flexibility index (Phi) is 2.64. The molecule has 0 aliphatic heterocycles. The van der Waals surface area contributed by atoms with Gasteiger partial charge in [0.05, 0.1) is 17.1 Å². The van der Waals surface area contributed by atoms with Crippen molar-refractivity contribution in [2.24, 2.45) is 0 Å². The molecular weight excluding hydrogens is 188 g/mol. The summed E-state index contributed by atoms with van der Waals surface area (Å²) < 4.78 is 1.86. The van der Waals surface area contributed by atoms with Gasteiger partial charge >= 0.3 is 0 Å². The summed E-state index contributed by atoms with van der Waals surface area (Å²) in [5.41, 5.74) is 2.45. The van der Waals surface area contributed by atoms with E-state index in [1.54, 1.807) is 6.07 Å². The molecule has 2 aromatic rings. The van der Waals surface area contributed by atoms with Crippen LogP contribution in [0.25, 0.3) is 11.0 Å². The molecule has 0 radical (unpaired) electrons. The van der Waals surface area contributed by atoms with Gasteiger partial charge < -0.3 is 0 Å². The van der Waals surface area contributed by atoms with E-state index >= 15 is 0 Å². The molecule has 0 N–H and O–H groups in total. The smallest absolute Gasteiger partial charge is 0.113 e. The maximum Gasteiger partial charge on any atom is 0.113 e. The summed E-state index contributed by atoms with van der Waals surface area (Å²) >= 11 is 0. The number of hydrogen-bond donors (Lipinski definition) is 0. The molecule has 0 unspecified atom stereocenters. The number of unbranched alkanes of at least 4 members (excludes halogenated alkanes) is 1. The van der Waals surface area contributed by atoms with Gasteiger partial charge in [0.15, 0.2) is 0 Å². The highest BCUT2D eigenvalue weighted by atomic mass is 15.4. The minimum absolute atomic E-state index is 0.655. The van der Waals surface area contributed by atoms with Crippen molar-refractivity contribution in [2.75, 3.05) is 0 Å². The van der Waals surface area contributed by atoms with Crippen molar-refractivity contribution >= 4 is 11.0 Å². The second-order valence-corrected chi connectivity index (χ2v) is 3.48. The molecular formula is C11H12N4. The molecule has 15 heavy (non-hydrogen) atoms. The van der Waals surface area contributed by atoms with Crippen LogP contribution in [0.3, 0.4) is 0 Å². The van der Waals surface area contributed by atoms with Crippen LogP contribution in [0.15, 0.2) is 18.2 Å². The van der Waals surface area contributed by atoms with E-state index in [4.69, 9.17) is 5.26 Å². The van der Waals surface area contributed by atoms with Crippen LogP contribution >= 0.6 is 0 Å². The lowest BCUT2D eigenvalue weighted by atomic mass is 10.2. The molecule has 0 spiro atoms. The number of hydrogen-bond acceptors (Lipinski definition) is 3. The molecule has 0 bridgehead atoms. The Hall–Kier alpha value is -1.89. The molecule has 0 aliphatic carbocycles. The van der Waals surface area contributed by atoms with E-state index in [0.29, 0.717) is 5.56 Å². The van der Waals surface area contributed by atoms with E-state index in [-0.39, 0.29) is 0 Å². The minimum atomic E-state index is 0.655. The van der Waals surface area contributed by atoms with Crippen LogP contribution in [0.4, 0.5) is 0 Å². The molecule has 4 heteroatoms. The standard InChI is InChI=1S/C11H12N4/c1-2-3-6-15-11-7-9(8-12)4-5-10(11)13-14-15/h4-5,7H,2-3,6H2,1H3. The van der Waals surface area contributed by atoms with Gasteiger partial charge in [0.25, 0.3) is 0 Å². The van der Waals surface area contributed by atoms with E-state index in [2.05, 4.69) is 23.3 Å². The summed E-state index contributed by atoms with van der Waals surface area (Å²) in [6.45, 7) is 3.00. The zero-order chi connectivity index (χ0) is 10.7. The lowest BCUT2D eigenvalue weighted by Gasteiger charge is -1.99. The predicted molar refractivity (Wildman–Crippen MR) is 57.2 cm³/mol. The van der Waals surface area contributed by atoms with Gasteiger partial charge in [-0.1, -0.05) is 18.6 Å². The van der Waals surface area contributed by atoms with Crippen LogP contribution in [-0.4, -0.2) is 15.0 Å². The third-order valence-corrected chi connectivity index (χ3v) is 2.37. The van der Waals surface area contributed by atoms with Gasteiger partial charge in [0.1, 0.15) is 5.52 Å². The molecule has 1 aromatic carbocycles. The average molecular weight is 200 g/mol. The Morgan fingerprint density at radius 2 is 2.33 bits per heavy atom. The number of fused-ring (bicyclic) bond motifs is 1. The fraction of sp³-hybridized carbons (Fsp3) is 0.364. The van der Waals surface area contributed by atoms with Crippen molar-refractivity contribution in [3.8, 4) is 6.07 Å². The number of nitriles is 1. The van der Waals surface area contributed by atoms with Crippen LogP contribution in [-0.2, 0) is 6.54 Å². The highest BCUT2D eigenvalue weighted by Crippen LogP contribution is 2.13. The molecule has 0 saturated heterocycles. The van der Waals surface area contributed by atoms with Crippen LogP contribution in [0.2, 0.25) is 0 Å². The fourth-order valence-corrected chi connectivity index (χ4v) is 1.51. The third kappa shape index (κ3) is 1.82. The lowest BCUT2D eigenvalue weighted by molar-refractivity contribution is 0.567. The maximum absolute atomic E-state index is 8.80. The summed E-state index contributed by atoms with van der Waals surface area (Å²) in [5, 5.41) is 16.9. The van der Waals surface area contributed by atoms with Crippen molar-refractivity contribution in [1.82, 2.24) is 15.0 Å². The van der Waals surface area contributed by atoms with Gasteiger partial charge in [-0.15, -0.1) is 5.10 Å². The highest BCUT2D eigenvalue weighted by Gasteiger charge is 2.04. The molecule has 2 rings (SSSR count). The number of aryl methyl sites for hydroxylation is 1. The predicted octanol–water partition coefficient (Wildman–Crippen LogP) is 2.10. The summed E-state index contributed by atoms with van der Waals surface area (Å²) in [5.74, 6) is 0. The second-order valence-electron chi connectivity index (χ2n) is 3.48. The van der Waals surface area contributed by atoms with Crippen LogP contribution < -0.4 is 0 Å². The Morgan fingerprint density at radius 1 is 1.47 bits per heavy atom. The van der Waals surface area contributed by atoms with Crippen LogP contribution in [0, 0.1) is 11.3 Å². The molecule has 0 saturated carbocycles. The van der Waals surface area contributed by atoms with E-state index in [0.717, 1.165) is 30.4 Å². The molecule has 0 amide bonds. The van der Waals surface area contributed by atoms with Gasteiger partial charge in [0.2, 0.25) is 0 Å². The molecule has 4 nitrogen and oxygen atoms in total. The molecule has 0 fully saturated rings. The topological polar surface area (TPSA) is 54.5 Å². The van der Waals surface area contributed by atoms with Gasteiger partial charge in [-0.2, -0.15) is 5.26 Å². The first-order chi connectivity index (χ1) is 7.35. The largest absolute Gasteiger partial charge is 0.245 e. The van der Waals surface area contributed by atoms with Crippen molar-refractivity contribution in [2.45, 2.75) is 26.3 Å². The number of aromatic nitrogens is 3. The first-order valence-electron chi connectivity index (χ1n) is 5.08. The number of nitrogens with zero attached hydrogens (tertiary/aromatic N) is 4. The van der Waals surface area contributed by atoms with Gasteiger partial charge in [-0.3, -0.25) is 0 Å². The number of benzene rings is 1. The zero-order valence-corrected chi connectivity index (χ0v) is 8.64. The van der Waals surface area contributed by atoms with Crippen molar-refractivity contribution in [3.63, 3.8) is 0 Å². The number of rotatable bonds is 3. The van der Waals surface area contributed by atoms with E-state index in [1.165, 1.54) is 0 Å². The highest BCUT2D eigenvalue weighted by molar-refractivity contribution is 5.75. The normalized spacial score (nSPS) is 10.4. The van der Waals surface area contributed by atoms with Gasteiger partial charge in [-0.25, -0.2) is 4.68 Å². The van der Waals surface area contributed by atoms with Gasteiger partial charge in [-0.05, 0) is 24.6 Å². The zero-order valence-electron chi connectivity index (χ0n) is 8.64. The molecule has 1 heterocycles. The summed E-state index contributed by atoms with van der Waals surface area (Å²) in [4.78, 5) is 0. The average Bonchev–Trinajstić information content (AvgIpc) is 2.68. The van der Waals surface area contributed by atoms with Crippen LogP contribution in [0.5, 0.6) is 0 Å². The van der Waals surface area contributed by atoms with Crippen molar-refractivity contribution in [3.05, 3.63) is 23.8 Å². The van der Waals surface area contributed by atoms with E-state index in [9.17, 15) is 0 Å². The van der Waals surface area contributed by atoms with Crippen molar-refractivity contribution < 1.29 is 0 Å². The summed E-state index contributed by atoms with van der Waals surface area (Å²) in [6.07, 6.45) is 2.20. The van der Waals surface area contributed by atoms with Crippen LogP contribution in [0.1, 0.15) is 25.3 Å². The Balaban J connectivity index is 2.43. The third-order valence-electron chi connectivity index (χ3n) is 2.37. The molecule has 0 atom stereocenters. The van der Waals surface area contributed by atoms with E-state index in [1.807, 2.05) is 16.8 Å². The van der Waals surface area contributed by atoms with E-state index < -0.39 is 0 Å². The monoisotopic (exact) mass is 200 g/mol. The summed E-state index contributed by atoms with van der Waals surface area (Å²) in [6, 6.07) is 7.56. The fourth-order valence-electron chi connectivity index (χ4n) is 1.51. The maximum atomic E-state index is 8.80. The first-order valence-corrected chi connectivity index (χ1v) is 5.08. The molecule has 0 aliphatic rings. The van der Waals surface area contributed by atoms with Gasteiger partial charge in [0, 0.05) is 6.54 Å². The molecule has 76 valence electrons. The molecule has 1 aromatic heterocycles. The quantitative estimate of drug-likeness (QED) is 0.762. The minimum Gasteiger partial charge on any atom is -0.245 e. The lowest BCUT2D eigenvalue weighted by Crippen LogP contribution is -1.99. The Labute approximate surface area is 88.1 Å². The Bertz CT molecular complexity index is 507. The SMILES string of the molecule is CCCCn1nnc2ccc(C#N)cc21. The Morgan fingerprint density at radius 3 is 3.07 bits per heavy atom.